The second-order valence-electron chi connectivity index (χ2n) is 4.40. The van der Waals surface area contributed by atoms with Crippen LogP contribution in [0.2, 0.25) is 0 Å². The molecule has 0 amide bonds. The van der Waals surface area contributed by atoms with Crippen LogP contribution in [0, 0.1) is 17.2 Å². The summed E-state index contributed by atoms with van der Waals surface area (Å²) in [4.78, 5) is 0. The van der Waals surface area contributed by atoms with Gasteiger partial charge in [0.1, 0.15) is 5.82 Å². The Bertz CT molecular complexity index is 477. The molecule has 1 aliphatic heterocycles. The molecule has 0 N–H and O–H groups in total. The molecule has 1 unspecified atom stereocenters. The van der Waals surface area contributed by atoms with E-state index < -0.39 is 12.1 Å². The van der Waals surface area contributed by atoms with Crippen LogP contribution in [0.25, 0.3) is 0 Å². The first-order chi connectivity index (χ1) is 9.02. The van der Waals surface area contributed by atoms with Crippen LogP contribution in [-0.4, -0.2) is 26.7 Å². The van der Waals surface area contributed by atoms with E-state index in [-0.39, 0.29) is 5.75 Å². The SMILES string of the molecule is N#CC(CSc1nnc2n1CCCCC2)C(F)(F)F. The standard InChI is InChI=1S/C11H13F3N4S/c12-11(13,14)8(6-15)7-19-10-17-16-9-4-2-1-3-5-18(9)10/h8H,1-5,7H2. The van der Waals surface area contributed by atoms with Gasteiger partial charge in [-0.3, -0.25) is 0 Å². The zero-order valence-electron chi connectivity index (χ0n) is 10.2. The number of nitrogens with zero attached hydrogens (tertiary/aromatic N) is 4. The predicted octanol–water partition coefficient (Wildman–Crippen LogP) is 2.80. The number of aryl methyl sites for hydroxylation is 1. The molecule has 1 aliphatic rings. The van der Waals surface area contributed by atoms with Gasteiger partial charge in [0.15, 0.2) is 11.1 Å². The van der Waals surface area contributed by atoms with Crippen molar-refractivity contribution in [1.82, 2.24) is 14.8 Å². The van der Waals surface area contributed by atoms with Crippen LogP contribution < -0.4 is 0 Å². The predicted molar refractivity (Wildman–Crippen MR) is 63.5 cm³/mol. The van der Waals surface area contributed by atoms with Crippen LogP contribution >= 0.6 is 11.8 Å². The Morgan fingerprint density at radius 2 is 2.11 bits per heavy atom. The van der Waals surface area contributed by atoms with Crippen LogP contribution in [0.1, 0.15) is 25.1 Å². The van der Waals surface area contributed by atoms with Crippen molar-refractivity contribution in [1.29, 1.82) is 5.26 Å². The third-order valence-electron chi connectivity index (χ3n) is 3.01. The zero-order valence-corrected chi connectivity index (χ0v) is 11.0. The average molecular weight is 290 g/mol. The molecule has 4 nitrogen and oxygen atoms in total. The molecule has 2 heterocycles. The number of thioether (sulfide) groups is 1. The summed E-state index contributed by atoms with van der Waals surface area (Å²) in [5, 5.41) is 17.0. The lowest BCUT2D eigenvalue weighted by Gasteiger charge is -2.12. The number of hydrogen-bond acceptors (Lipinski definition) is 4. The van der Waals surface area contributed by atoms with E-state index in [2.05, 4.69) is 10.2 Å². The summed E-state index contributed by atoms with van der Waals surface area (Å²) in [7, 11) is 0. The molecule has 1 aromatic heterocycles. The lowest BCUT2D eigenvalue weighted by atomic mass is 10.2. The molecule has 0 bridgehead atoms. The molecule has 8 heteroatoms. The first-order valence-electron chi connectivity index (χ1n) is 6.03. The number of nitriles is 1. The Labute approximate surface area is 113 Å². The van der Waals surface area contributed by atoms with Gasteiger partial charge in [-0.25, -0.2) is 0 Å². The van der Waals surface area contributed by atoms with Crippen LogP contribution in [0.5, 0.6) is 0 Å². The van der Waals surface area contributed by atoms with Crippen molar-refractivity contribution in [2.75, 3.05) is 5.75 Å². The number of aromatic nitrogens is 3. The molecule has 1 aromatic rings. The fourth-order valence-electron chi connectivity index (χ4n) is 1.93. The first kappa shape index (κ1) is 14.2. The number of alkyl halides is 3. The van der Waals surface area contributed by atoms with E-state index in [0.29, 0.717) is 5.16 Å². The summed E-state index contributed by atoms with van der Waals surface area (Å²) in [5.74, 6) is -1.46. The van der Waals surface area contributed by atoms with E-state index in [1.807, 2.05) is 4.57 Å². The van der Waals surface area contributed by atoms with E-state index in [9.17, 15) is 13.2 Å². The first-order valence-corrected chi connectivity index (χ1v) is 7.02. The van der Waals surface area contributed by atoms with Gasteiger partial charge in [-0.05, 0) is 12.8 Å². The van der Waals surface area contributed by atoms with Gasteiger partial charge in [-0.15, -0.1) is 10.2 Å². The molecule has 1 atom stereocenters. The molecule has 0 radical (unpaired) electrons. The summed E-state index contributed by atoms with van der Waals surface area (Å²) in [6, 6.07) is 1.29. The molecule has 19 heavy (non-hydrogen) atoms. The Kier molecular flexibility index (Phi) is 4.34. The van der Waals surface area contributed by atoms with Crippen molar-refractivity contribution in [3.05, 3.63) is 5.82 Å². The third-order valence-corrected chi connectivity index (χ3v) is 4.07. The molecule has 0 saturated heterocycles. The molecule has 0 aliphatic carbocycles. The second-order valence-corrected chi connectivity index (χ2v) is 5.38. The molecule has 0 fully saturated rings. The van der Waals surface area contributed by atoms with Crippen LogP contribution in [0.4, 0.5) is 13.2 Å². The molecular formula is C11H13F3N4S. The topological polar surface area (TPSA) is 54.5 Å². The molecule has 0 spiro atoms. The normalized spacial score (nSPS) is 17.4. The average Bonchev–Trinajstić information content (AvgIpc) is 2.58. The highest BCUT2D eigenvalue weighted by molar-refractivity contribution is 7.99. The van der Waals surface area contributed by atoms with Crippen molar-refractivity contribution < 1.29 is 13.2 Å². The highest BCUT2D eigenvalue weighted by Gasteiger charge is 2.40. The van der Waals surface area contributed by atoms with Gasteiger partial charge in [0.25, 0.3) is 0 Å². The smallest absolute Gasteiger partial charge is 0.306 e. The quantitative estimate of drug-likeness (QED) is 0.803. The lowest BCUT2D eigenvalue weighted by Crippen LogP contribution is -2.23. The van der Waals surface area contributed by atoms with Crippen molar-refractivity contribution in [3.63, 3.8) is 0 Å². The lowest BCUT2D eigenvalue weighted by molar-refractivity contribution is -0.152. The van der Waals surface area contributed by atoms with Gasteiger partial charge in [-0.1, -0.05) is 18.2 Å². The summed E-state index contributed by atoms with van der Waals surface area (Å²) in [5.41, 5.74) is 0. The highest BCUT2D eigenvalue weighted by atomic mass is 32.2. The summed E-state index contributed by atoms with van der Waals surface area (Å²) in [6.07, 6.45) is -0.555. The van der Waals surface area contributed by atoms with Crippen LogP contribution in [0.15, 0.2) is 5.16 Å². The van der Waals surface area contributed by atoms with Gasteiger partial charge in [0, 0.05) is 18.7 Å². The van der Waals surface area contributed by atoms with Crippen molar-refractivity contribution in [2.24, 2.45) is 5.92 Å². The van der Waals surface area contributed by atoms with E-state index in [4.69, 9.17) is 5.26 Å². The maximum atomic E-state index is 12.5. The van der Waals surface area contributed by atoms with Gasteiger partial charge >= 0.3 is 6.18 Å². The fraction of sp³-hybridized carbons (Fsp3) is 0.727. The Balaban J connectivity index is 2.04. The maximum Gasteiger partial charge on any atom is 0.405 e. The molecule has 104 valence electrons. The molecule has 2 rings (SSSR count). The summed E-state index contributed by atoms with van der Waals surface area (Å²) < 4.78 is 39.3. The highest BCUT2D eigenvalue weighted by Crippen LogP contribution is 2.31. The van der Waals surface area contributed by atoms with E-state index in [1.54, 1.807) is 0 Å². The van der Waals surface area contributed by atoms with Gasteiger partial charge in [-0.2, -0.15) is 18.4 Å². The number of rotatable bonds is 3. The number of halogens is 3. The van der Waals surface area contributed by atoms with Crippen molar-refractivity contribution >= 4 is 11.8 Å². The van der Waals surface area contributed by atoms with Crippen LogP contribution in [-0.2, 0) is 13.0 Å². The second kappa shape index (κ2) is 5.82. The molecule has 0 saturated carbocycles. The van der Waals surface area contributed by atoms with Crippen molar-refractivity contribution in [3.8, 4) is 6.07 Å². The minimum atomic E-state index is -4.48. The minimum absolute atomic E-state index is 0.335. The zero-order chi connectivity index (χ0) is 13.9. The summed E-state index contributed by atoms with van der Waals surface area (Å²) >= 11 is 0.957. The number of hydrogen-bond donors (Lipinski definition) is 0. The molecule has 0 aromatic carbocycles. The van der Waals surface area contributed by atoms with E-state index in [0.717, 1.165) is 49.8 Å². The summed E-state index contributed by atoms with van der Waals surface area (Å²) in [6.45, 7) is 0.744. The number of fused-ring (bicyclic) bond motifs is 1. The monoisotopic (exact) mass is 290 g/mol. The fourth-order valence-corrected chi connectivity index (χ4v) is 2.96. The van der Waals surface area contributed by atoms with Gasteiger partial charge in [0.2, 0.25) is 0 Å². The minimum Gasteiger partial charge on any atom is -0.306 e. The largest absolute Gasteiger partial charge is 0.405 e. The Morgan fingerprint density at radius 3 is 2.79 bits per heavy atom. The maximum absolute atomic E-state index is 12.5. The Morgan fingerprint density at radius 1 is 1.32 bits per heavy atom. The van der Waals surface area contributed by atoms with Gasteiger partial charge < -0.3 is 4.57 Å². The molecular weight excluding hydrogens is 277 g/mol. The third kappa shape index (κ3) is 3.41. The van der Waals surface area contributed by atoms with Crippen molar-refractivity contribution in [2.45, 2.75) is 43.6 Å². The Hall–Kier alpha value is -1.23. The van der Waals surface area contributed by atoms with E-state index >= 15 is 0 Å². The van der Waals surface area contributed by atoms with E-state index in [1.165, 1.54) is 6.07 Å². The van der Waals surface area contributed by atoms with Gasteiger partial charge in [0.05, 0.1) is 6.07 Å². The van der Waals surface area contributed by atoms with Crippen LogP contribution in [0.3, 0.4) is 0 Å².